The third kappa shape index (κ3) is 7.68. The lowest BCUT2D eigenvalue weighted by Crippen LogP contribution is -2.24. The molecule has 0 saturated carbocycles. The SMILES string of the molecule is CC(C)CNCCn1nnnc1SCCCC(F)(F)F. The molecule has 0 fully saturated rings. The Labute approximate surface area is 120 Å². The van der Waals surface area contributed by atoms with E-state index in [4.69, 9.17) is 0 Å². The van der Waals surface area contributed by atoms with E-state index in [0.717, 1.165) is 13.1 Å². The van der Waals surface area contributed by atoms with E-state index in [1.807, 2.05) is 0 Å². The first-order chi connectivity index (χ1) is 9.38. The second-order valence-corrected chi connectivity index (χ2v) is 5.91. The first-order valence-corrected chi connectivity index (χ1v) is 7.53. The topological polar surface area (TPSA) is 55.6 Å². The van der Waals surface area contributed by atoms with Crippen LogP contribution in [0.1, 0.15) is 26.7 Å². The fourth-order valence-corrected chi connectivity index (χ4v) is 2.29. The Morgan fingerprint density at radius 3 is 2.75 bits per heavy atom. The number of rotatable bonds is 9. The Morgan fingerprint density at radius 2 is 2.10 bits per heavy atom. The standard InChI is InChI=1S/C11H20F3N5S/c1-9(2)8-15-5-6-19-10(16-17-18-19)20-7-3-4-11(12,13)14/h9,15H,3-8H2,1-2H3. The van der Waals surface area contributed by atoms with E-state index >= 15 is 0 Å². The number of halogens is 3. The first-order valence-electron chi connectivity index (χ1n) is 6.55. The van der Waals surface area contributed by atoms with Gasteiger partial charge in [0.2, 0.25) is 5.16 Å². The molecule has 0 spiro atoms. The van der Waals surface area contributed by atoms with Gasteiger partial charge in [-0.05, 0) is 29.3 Å². The smallest absolute Gasteiger partial charge is 0.315 e. The number of tetrazole rings is 1. The highest BCUT2D eigenvalue weighted by Gasteiger charge is 2.26. The van der Waals surface area contributed by atoms with Crippen LogP contribution < -0.4 is 5.32 Å². The van der Waals surface area contributed by atoms with Gasteiger partial charge in [0.05, 0.1) is 6.54 Å². The third-order valence-corrected chi connectivity index (χ3v) is 3.43. The van der Waals surface area contributed by atoms with E-state index < -0.39 is 12.6 Å². The van der Waals surface area contributed by atoms with Crippen molar-refractivity contribution in [1.29, 1.82) is 0 Å². The van der Waals surface area contributed by atoms with Crippen LogP contribution in [0.3, 0.4) is 0 Å². The monoisotopic (exact) mass is 311 g/mol. The van der Waals surface area contributed by atoms with Gasteiger partial charge in [-0.1, -0.05) is 25.6 Å². The normalized spacial score (nSPS) is 12.3. The molecule has 0 amide bonds. The van der Waals surface area contributed by atoms with Crippen molar-refractivity contribution in [1.82, 2.24) is 25.5 Å². The van der Waals surface area contributed by atoms with Crippen LogP contribution in [0.2, 0.25) is 0 Å². The number of thioether (sulfide) groups is 1. The minimum atomic E-state index is -4.09. The average molecular weight is 311 g/mol. The Morgan fingerprint density at radius 1 is 1.35 bits per heavy atom. The molecule has 0 atom stereocenters. The van der Waals surface area contributed by atoms with Gasteiger partial charge in [0, 0.05) is 18.7 Å². The largest absolute Gasteiger partial charge is 0.389 e. The Hall–Kier alpha value is -0.830. The zero-order valence-electron chi connectivity index (χ0n) is 11.7. The van der Waals surface area contributed by atoms with Gasteiger partial charge in [-0.2, -0.15) is 13.2 Å². The summed E-state index contributed by atoms with van der Waals surface area (Å²) in [5, 5.41) is 15.0. The lowest BCUT2D eigenvalue weighted by atomic mass is 10.2. The molecule has 1 N–H and O–H groups in total. The van der Waals surface area contributed by atoms with Gasteiger partial charge in [0.1, 0.15) is 0 Å². The predicted molar refractivity (Wildman–Crippen MR) is 71.5 cm³/mol. The summed E-state index contributed by atoms with van der Waals surface area (Å²) in [7, 11) is 0. The molecule has 116 valence electrons. The van der Waals surface area contributed by atoms with Crippen LogP contribution in [0.4, 0.5) is 13.2 Å². The molecule has 9 heteroatoms. The highest BCUT2D eigenvalue weighted by atomic mass is 32.2. The number of aromatic nitrogens is 4. The molecule has 1 aromatic heterocycles. The van der Waals surface area contributed by atoms with Crippen molar-refractivity contribution in [2.24, 2.45) is 5.92 Å². The van der Waals surface area contributed by atoms with Crippen LogP contribution in [0.5, 0.6) is 0 Å². The molecule has 0 aliphatic rings. The van der Waals surface area contributed by atoms with Gasteiger partial charge >= 0.3 is 6.18 Å². The molecule has 0 unspecified atom stereocenters. The number of hydrogen-bond acceptors (Lipinski definition) is 5. The molecule has 20 heavy (non-hydrogen) atoms. The van der Waals surface area contributed by atoms with E-state index in [1.54, 1.807) is 4.68 Å². The predicted octanol–water partition coefficient (Wildman–Crippen LogP) is 2.35. The molecular formula is C11H20F3N5S. The number of nitrogens with zero attached hydrogens (tertiary/aromatic N) is 4. The summed E-state index contributed by atoms with van der Waals surface area (Å²) in [4.78, 5) is 0. The summed E-state index contributed by atoms with van der Waals surface area (Å²) in [6, 6.07) is 0. The molecule has 0 aromatic carbocycles. The van der Waals surface area contributed by atoms with E-state index in [0.29, 0.717) is 23.4 Å². The molecule has 0 aliphatic heterocycles. The van der Waals surface area contributed by atoms with Crippen molar-refractivity contribution >= 4 is 11.8 Å². The second kappa shape index (κ2) is 8.46. The first kappa shape index (κ1) is 17.2. The minimum Gasteiger partial charge on any atom is -0.315 e. The quantitative estimate of drug-likeness (QED) is 0.560. The highest BCUT2D eigenvalue weighted by Crippen LogP contribution is 2.24. The molecule has 5 nitrogen and oxygen atoms in total. The van der Waals surface area contributed by atoms with Crippen molar-refractivity contribution in [3.8, 4) is 0 Å². The lowest BCUT2D eigenvalue weighted by molar-refractivity contribution is -0.134. The van der Waals surface area contributed by atoms with Gasteiger partial charge in [-0.25, -0.2) is 4.68 Å². The molecular weight excluding hydrogens is 291 g/mol. The fraction of sp³-hybridized carbons (Fsp3) is 0.909. The van der Waals surface area contributed by atoms with Gasteiger partial charge < -0.3 is 5.32 Å². The summed E-state index contributed by atoms with van der Waals surface area (Å²) in [5.41, 5.74) is 0. The van der Waals surface area contributed by atoms with Crippen molar-refractivity contribution in [2.45, 2.75) is 44.6 Å². The number of nitrogens with one attached hydrogen (secondary N) is 1. The molecule has 0 bridgehead atoms. The maximum atomic E-state index is 12.0. The van der Waals surface area contributed by atoms with Crippen LogP contribution in [0.15, 0.2) is 5.16 Å². The summed E-state index contributed by atoms with van der Waals surface area (Å²) in [6.45, 7) is 6.49. The molecule has 1 aromatic rings. The zero-order chi connectivity index (χ0) is 15.0. The Balaban J connectivity index is 2.24. The number of alkyl halides is 3. The van der Waals surface area contributed by atoms with Gasteiger partial charge in [-0.3, -0.25) is 0 Å². The van der Waals surface area contributed by atoms with Crippen LogP contribution in [-0.4, -0.2) is 45.2 Å². The van der Waals surface area contributed by atoms with Gasteiger partial charge in [0.15, 0.2) is 0 Å². The summed E-state index contributed by atoms with van der Waals surface area (Å²) in [5.74, 6) is 0.930. The van der Waals surface area contributed by atoms with E-state index in [2.05, 4.69) is 34.7 Å². The van der Waals surface area contributed by atoms with Crippen molar-refractivity contribution in [2.75, 3.05) is 18.8 Å². The molecule has 0 radical (unpaired) electrons. The summed E-state index contributed by atoms with van der Waals surface area (Å²) >= 11 is 1.26. The zero-order valence-corrected chi connectivity index (χ0v) is 12.5. The number of hydrogen-bond donors (Lipinski definition) is 1. The Kier molecular flexibility index (Phi) is 7.28. The van der Waals surface area contributed by atoms with E-state index in [-0.39, 0.29) is 6.42 Å². The second-order valence-electron chi connectivity index (χ2n) is 4.85. The van der Waals surface area contributed by atoms with Crippen molar-refractivity contribution in [3.63, 3.8) is 0 Å². The average Bonchev–Trinajstić information content (AvgIpc) is 2.76. The molecule has 1 rings (SSSR count). The maximum Gasteiger partial charge on any atom is 0.389 e. The van der Waals surface area contributed by atoms with Crippen LogP contribution in [0.25, 0.3) is 0 Å². The lowest BCUT2D eigenvalue weighted by Gasteiger charge is -2.08. The Bertz CT molecular complexity index is 380. The van der Waals surface area contributed by atoms with Gasteiger partial charge in [0.25, 0.3) is 0 Å². The molecule has 0 aliphatic carbocycles. The minimum absolute atomic E-state index is 0.0760. The van der Waals surface area contributed by atoms with Gasteiger partial charge in [-0.15, -0.1) is 5.10 Å². The fourth-order valence-electron chi connectivity index (χ4n) is 1.45. The van der Waals surface area contributed by atoms with Crippen LogP contribution in [-0.2, 0) is 6.54 Å². The maximum absolute atomic E-state index is 12.0. The van der Waals surface area contributed by atoms with E-state index in [1.165, 1.54) is 11.8 Å². The summed E-state index contributed by atoms with van der Waals surface area (Å²) < 4.78 is 37.6. The van der Waals surface area contributed by atoms with E-state index in [9.17, 15) is 13.2 Å². The van der Waals surface area contributed by atoms with Crippen LogP contribution >= 0.6 is 11.8 Å². The van der Waals surface area contributed by atoms with Crippen LogP contribution in [0, 0.1) is 5.92 Å². The summed E-state index contributed by atoms with van der Waals surface area (Å²) in [6.07, 6.45) is -4.78. The highest BCUT2D eigenvalue weighted by molar-refractivity contribution is 7.99. The molecule has 1 heterocycles. The van der Waals surface area contributed by atoms with Crippen molar-refractivity contribution in [3.05, 3.63) is 0 Å². The molecule has 0 saturated heterocycles. The third-order valence-electron chi connectivity index (χ3n) is 2.39. The van der Waals surface area contributed by atoms with Crippen molar-refractivity contribution < 1.29 is 13.2 Å².